The number of hydrogen-bond acceptors (Lipinski definition) is 3. The van der Waals surface area contributed by atoms with Crippen LogP contribution in [-0.2, 0) is 14.2 Å². The van der Waals surface area contributed by atoms with E-state index in [-0.39, 0.29) is 23.9 Å². The molecule has 30 heavy (non-hydrogen) atoms. The van der Waals surface area contributed by atoms with E-state index in [0.717, 1.165) is 25.7 Å². The molecule has 3 heterocycles. The van der Waals surface area contributed by atoms with Crippen LogP contribution >= 0.6 is 11.6 Å². The molecule has 0 aromatic rings. The van der Waals surface area contributed by atoms with Gasteiger partial charge in [-0.3, -0.25) is 0 Å². The lowest BCUT2D eigenvalue weighted by Crippen LogP contribution is -2.53. The van der Waals surface area contributed by atoms with Gasteiger partial charge in [-0.05, 0) is 83.9 Å². The lowest BCUT2D eigenvalue weighted by Gasteiger charge is -2.47. The van der Waals surface area contributed by atoms with Crippen LogP contribution in [0.1, 0.15) is 67.2 Å². The molecule has 2 fully saturated rings. The molecule has 0 radical (unpaired) electrons. The van der Waals surface area contributed by atoms with Gasteiger partial charge in [-0.1, -0.05) is 35.8 Å². The zero-order valence-electron chi connectivity index (χ0n) is 19.3. The Morgan fingerprint density at radius 3 is 2.67 bits per heavy atom. The second kappa shape index (κ2) is 8.24. The van der Waals surface area contributed by atoms with Crippen LogP contribution in [0, 0.1) is 11.8 Å². The summed E-state index contributed by atoms with van der Waals surface area (Å²) < 4.78 is 19.5. The number of fused-ring (bicyclic) bond motifs is 3. The van der Waals surface area contributed by atoms with Crippen LogP contribution in [0.3, 0.4) is 0 Å². The maximum atomic E-state index is 6.72. The number of ether oxygens (including phenoxy) is 3. The lowest BCUT2D eigenvalue weighted by atomic mass is 9.70. The predicted octanol–water partition coefficient (Wildman–Crippen LogP) is 6.49. The van der Waals surface area contributed by atoms with Gasteiger partial charge in [0, 0.05) is 11.8 Å². The molecule has 4 rings (SSSR count). The third kappa shape index (κ3) is 4.24. The van der Waals surface area contributed by atoms with Crippen molar-refractivity contribution in [2.24, 2.45) is 11.8 Å². The molecule has 1 spiro atoms. The van der Waals surface area contributed by atoms with E-state index < -0.39 is 5.79 Å². The highest BCUT2D eigenvalue weighted by Gasteiger charge is 2.67. The lowest BCUT2D eigenvalue weighted by molar-refractivity contribution is -0.239. The Kier molecular flexibility index (Phi) is 6.13. The summed E-state index contributed by atoms with van der Waals surface area (Å²) in [6.07, 6.45) is 13.1. The molecule has 3 aliphatic heterocycles. The van der Waals surface area contributed by atoms with Crippen LogP contribution in [0.15, 0.2) is 46.6 Å². The Bertz CT molecular complexity index is 805. The van der Waals surface area contributed by atoms with E-state index in [0.29, 0.717) is 17.7 Å². The van der Waals surface area contributed by atoms with Crippen LogP contribution in [-0.4, -0.2) is 35.6 Å². The molecular formula is C26H37ClO3. The van der Waals surface area contributed by atoms with Gasteiger partial charge < -0.3 is 14.2 Å². The number of epoxide rings is 1. The molecule has 0 unspecified atom stereocenters. The van der Waals surface area contributed by atoms with E-state index in [4.69, 9.17) is 25.8 Å². The molecule has 0 aromatic heterocycles. The molecule has 3 nitrogen and oxygen atoms in total. The van der Waals surface area contributed by atoms with Gasteiger partial charge in [-0.15, -0.1) is 11.6 Å². The average molecular weight is 433 g/mol. The summed E-state index contributed by atoms with van der Waals surface area (Å²) in [5.41, 5.74) is 5.21. The van der Waals surface area contributed by atoms with E-state index in [1.807, 2.05) is 0 Å². The van der Waals surface area contributed by atoms with Crippen LogP contribution in [0.25, 0.3) is 0 Å². The fraction of sp³-hybridized carbons (Fsp3) is 0.692. The maximum absolute atomic E-state index is 6.72. The first-order valence-corrected chi connectivity index (χ1v) is 12.0. The molecule has 4 heteroatoms. The van der Waals surface area contributed by atoms with Gasteiger partial charge in [-0.25, -0.2) is 0 Å². The molecule has 1 saturated heterocycles. The molecular weight excluding hydrogens is 396 g/mol. The molecule has 1 aliphatic carbocycles. The standard InChI is InChI=1S/C26H37ClO3/c1-16(2)8-7-9-17(3)10-21-11-18(4)13-26(28-21)14-20(15-27)22-12-19(5)25(6)24(30-25)23(22)29-26/h8,10,13-14,19,21-24H,7,9,11-12,15H2,1-6H3/b17-10+/t19-,21-,22-,23+,24+,25-,26+/m1/s1. The Hall–Kier alpha value is -0.870. The fourth-order valence-electron chi connectivity index (χ4n) is 5.50. The fourth-order valence-corrected chi connectivity index (χ4v) is 5.77. The van der Waals surface area contributed by atoms with Gasteiger partial charge >= 0.3 is 0 Å². The number of halogens is 1. The molecule has 0 N–H and O–H groups in total. The minimum absolute atomic E-state index is 0.00972. The van der Waals surface area contributed by atoms with Crippen molar-refractivity contribution in [3.8, 4) is 0 Å². The van der Waals surface area contributed by atoms with Crippen LogP contribution in [0.4, 0.5) is 0 Å². The molecule has 0 bridgehead atoms. The first-order valence-electron chi connectivity index (χ1n) is 11.5. The summed E-state index contributed by atoms with van der Waals surface area (Å²) in [6.45, 7) is 13.2. The molecule has 1 saturated carbocycles. The van der Waals surface area contributed by atoms with Crippen molar-refractivity contribution in [1.82, 2.24) is 0 Å². The van der Waals surface area contributed by atoms with Gasteiger partial charge in [0.15, 0.2) is 0 Å². The highest BCUT2D eigenvalue weighted by atomic mass is 35.5. The third-order valence-electron chi connectivity index (χ3n) is 7.37. The zero-order chi connectivity index (χ0) is 21.7. The smallest absolute Gasteiger partial charge is 0.209 e. The van der Waals surface area contributed by atoms with Crippen molar-refractivity contribution >= 4 is 11.6 Å². The van der Waals surface area contributed by atoms with Gasteiger partial charge in [0.1, 0.15) is 6.10 Å². The van der Waals surface area contributed by atoms with Crippen molar-refractivity contribution in [2.75, 3.05) is 5.88 Å². The van der Waals surface area contributed by atoms with Crippen molar-refractivity contribution in [2.45, 2.75) is 96.9 Å². The summed E-state index contributed by atoms with van der Waals surface area (Å²) in [5, 5.41) is 0. The second-order valence-electron chi connectivity index (χ2n) is 10.3. The Morgan fingerprint density at radius 1 is 1.20 bits per heavy atom. The van der Waals surface area contributed by atoms with Crippen molar-refractivity contribution in [3.05, 3.63) is 46.6 Å². The molecule has 0 aromatic carbocycles. The van der Waals surface area contributed by atoms with E-state index >= 15 is 0 Å². The zero-order valence-corrected chi connectivity index (χ0v) is 20.1. The monoisotopic (exact) mass is 432 g/mol. The van der Waals surface area contributed by atoms with Gasteiger partial charge in [0.05, 0.1) is 17.8 Å². The number of hydrogen-bond donors (Lipinski definition) is 0. The number of rotatable bonds is 5. The minimum atomic E-state index is -0.831. The quantitative estimate of drug-likeness (QED) is 0.282. The van der Waals surface area contributed by atoms with Gasteiger partial charge in [0.25, 0.3) is 0 Å². The Balaban J connectivity index is 1.56. The summed E-state index contributed by atoms with van der Waals surface area (Å²) in [7, 11) is 0. The van der Waals surface area contributed by atoms with Gasteiger partial charge in [0.2, 0.25) is 5.79 Å². The third-order valence-corrected chi connectivity index (χ3v) is 7.68. The summed E-state index contributed by atoms with van der Waals surface area (Å²) >= 11 is 6.43. The largest absolute Gasteiger partial charge is 0.363 e. The van der Waals surface area contributed by atoms with Crippen molar-refractivity contribution in [3.63, 3.8) is 0 Å². The highest BCUT2D eigenvalue weighted by Crippen LogP contribution is 2.57. The maximum Gasteiger partial charge on any atom is 0.209 e. The molecule has 7 atom stereocenters. The summed E-state index contributed by atoms with van der Waals surface area (Å²) in [4.78, 5) is 0. The topological polar surface area (TPSA) is 31.0 Å². The Morgan fingerprint density at radius 2 is 1.97 bits per heavy atom. The van der Waals surface area contributed by atoms with E-state index in [1.165, 1.54) is 22.3 Å². The van der Waals surface area contributed by atoms with E-state index in [1.54, 1.807) is 0 Å². The second-order valence-corrected chi connectivity index (χ2v) is 10.6. The minimum Gasteiger partial charge on any atom is -0.363 e. The SMILES string of the molecule is CC(C)=CCC/C(C)=C/[C@@H]1CC(C)=C[C@]2(C=C(CCl)[C@H]3C[C@@H](C)[C@@]4(C)O[C@H]4[C@H]3O2)O1. The highest BCUT2D eigenvalue weighted by molar-refractivity contribution is 6.19. The molecule has 4 aliphatic rings. The van der Waals surface area contributed by atoms with E-state index in [9.17, 15) is 0 Å². The normalized spacial score (nSPS) is 42.8. The van der Waals surface area contributed by atoms with Crippen molar-refractivity contribution in [1.29, 1.82) is 0 Å². The van der Waals surface area contributed by atoms with Gasteiger partial charge in [-0.2, -0.15) is 0 Å². The average Bonchev–Trinajstić information content (AvgIpc) is 3.35. The van der Waals surface area contributed by atoms with Crippen molar-refractivity contribution < 1.29 is 14.2 Å². The number of alkyl halides is 1. The number of allylic oxidation sites excluding steroid dienone is 3. The predicted molar refractivity (Wildman–Crippen MR) is 123 cm³/mol. The summed E-state index contributed by atoms with van der Waals surface area (Å²) in [5.74, 6) is 0.517. The van der Waals surface area contributed by atoms with E-state index in [2.05, 4.69) is 65.8 Å². The Labute approximate surface area is 187 Å². The molecule has 166 valence electrons. The van der Waals surface area contributed by atoms with Crippen LogP contribution in [0.5, 0.6) is 0 Å². The van der Waals surface area contributed by atoms with Crippen LogP contribution in [0.2, 0.25) is 0 Å². The first kappa shape index (κ1) is 22.3. The van der Waals surface area contributed by atoms with Crippen LogP contribution < -0.4 is 0 Å². The molecule has 0 amide bonds. The summed E-state index contributed by atoms with van der Waals surface area (Å²) in [6, 6.07) is 0. The first-order chi connectivity index (χ1) is 14.2.